The molecule has 3 N–H and O–H groups in total. The Morgan fingerprint density at radius 1 is 0.674 bits per heavy atom. The quantitative estimate of drug-likeness (QED) is 0.106. The molecule has 46 heavy (non-hydrogen) atoms. The SMILES string of the molecule is O=C(O)COCC(=O)NCCOCCOCCOCCOCCOCCOC(=O)c1ccccc1Nc1cccc(C(F)(F)F)c1. The number of rotatable bonds is 25. The maximum atomic E-state index is 13.0. The van der Waals surface area contributed by atoms with Crippen LogP contribution in [0, 0.1) is 0 Å². The number of carboxylic acid groups (broad SMARTS) is 1. The van der Waals surface area contributed by atoms with Gasteiger partial charge in [-0.2, -0.15) is 13.2 Å². The Morgan fingerprint density at radius 3 is 1.83 bits per heavy atom. The number of alkyl halides is 3. The van der Waals surface area contributed by atoms with E-state index < -0.39 is 36.2 Å². The third-order valence-electron chi connectivity index (χ3n) is 5.59. The number of amides is 1. The minimum absolute atomic E-state index is 0.0208. The number of ether oxygens (including phenoxy) is 7. The van der Waals surface area contributed by atoms with E-state index in [-0.39, 0.29) is 50.8 Å². The van der Waals surface area contributed by atoms with Crippen molar-refractivity contribution in [3.63, 3.8) is 0 Å². The van der Waals surface area contributed by atoms with Crippen molar-refractivity contribution < 1.29 is 65.8 Å². The first-order chi connectivity index (χ1) is 22.2. The third kappa shape index (κ3) is 17.6. The molecule has 2 aromatic carbocycles. The zero-order valence-electron chi connectivity index (χ0n) is 25.2. The summed E-state index contributed by atoms with van der Waals surface area (Å²) in [7, 11) is 0. The number of nitrogens with one attached hydrogen (secondary N) is 2. The van der Waals surface area contributed by atoms with Gasteiger partial charge in [0.25, 0.3) is 0 Å². The van der Waals surface area contributed by atoms with Crippen LogP contribution >= 0.6 is 0 Å². The molecular weight excluding hydrogens is 621 g/mol. The number of benzene rings is 2. The number of anilines is 2. The molecule has 0 aromatic heterocycles. The maximum Gasteiger partial charge on any atom is 0.416 e. The highest BCUT2D eigenvalue weighted by Crippen LogP contribution is 2.32. The van der Waals surface area contributed by atoms with Crippen molar-refractivity contribution in [1.82, 2.24) is 5.32 Å². The van der Waals surface area contributed by atoms with Crippen LogP contribution in [0.1, 0.15) is 15.9 Å². The van der Waals surface area contributed by atoms with E-state index in [1.54, 1.807) is 18.2 Å². The molecule has 0 atom stereocenters. The van der Waals surface area contributed by atoms with Gasteiger partial charge in [0.2, 0.25) is 5.91 Å². The molecule has 0 saturated heterocycles. The van der Waals surface area contributed by atoms with Gasteiger partial charge in [-0.25, -0.2) is 9.59 Å². The molecule has 2 aromatic rings. The van der Waals surface area contributed by atoms with Gasteiger partial charge in [0.15, 0.2) is 0 Å². The first-order valence-electron chi connectivity index (χ1n) is 14.3. The average Bonchev–Trinajstić information content (AvgIpc) is 3.02. The van der Waals surface area contributed by atoms with Crippen molar-refractivity contribution in [2.75, 3.05) is 97.8 Å². The molecule has 256 valence electrons. The largest absolute Gasteiger partial charge is 0.480 e. The highest BCUT2D eigenvalue weighted by molar-refractivity contribution is 5.96. The van der Waals surface area contributed by atoms with Crippen molar-refractivity contribution in [3.8, 4) is 0 Å². The third-order valence-corrected chi connectivity index (χ3v) is 5.59. The molecule has 0 bridgehead atoms. The second-order valence-corrected chi connectivity index (χ2v) is 9.18. The Morgan fingerprint density at radius 2 is 1.24 bits per heavy atom. The fourth-order valence-corrected chi connectivity index (χ4v) is 3.50. The predicted molar refractivity (Wildman–Crippen MR) is 157 cm³/mol. The zero-order chi connectivity index (χ0) is 33.5. The van der Waals surface area contributed by atoms with Gasteiger partial charge in [0, 0.05) is 12.2 Å². The molecule has 0 spiro atoms. The summed E-state index contributed by atoms with van der Waals surface area (Å²) in [4.78, 5) is 34.2. The summed E-state index contributed by atoms with van der Waals surface area (Å²) in [5.74, 6) is -2.22. The smallest absolute Gasteiger partial charge is 0.416 e. The second kappa shape index (κ2) is 22.7. The molecular formula is C30H39F3N2O11. The molecule has 16 heteroatoms. The van der Waals surface area contributed by atoms with Crippen molar-refractivity contribution in [2.24, 2.45) is 0 Å². The number of aliphatic carboxylic acids is 1. The number of carboxylic acids is 1. The van der Waals surface area contributed by atoms with Crippen LogP contribution in [0.15, 0.2) is 48.5 Å². The molecule has 1 amide bonds. The number of hydrogen-bond acceptors (Lipinski definition) is 11. The van der Waals surface area contributed by atoms with Crippen molar-refractivity contribution in [1.29, 1.82) is 0 Å². The zero-order valence-corrected chi connectivity index (χ0v) is 25.2. The number of carbonyl (C=O) groups is 3. The van der Waals surface area contributed by atoms with Gasteiger partial charge in [-0.15, -0.1) is 0 Å². The predicted octanol–water partition coefficient (Wildman–Crippen LogP) is 2.91. The van der Waals surface area contributed by atoms with Gasteiger partial charge in [-0.05, 0) is 30.3 Å². The van der Waals surface area contributed by atoms with Crippen LogP contribution < -0.4 is 10.6 Å². The lowest BCUT2D eigenvalue weighted by Crippen LogP contribution is -2.31. The molecule has 0 heterocycles. The van der Waals surface area contributed by atoms with Crippen molar-refractivity contribution in [3.05, 3.63) is 59.7 Å². The highest BCUT2D eigenvalue weighted by atomic mass is 19.4. The maximum absolute atomic E-state index is 13.0. The molecule has 0 unspecified atom stereocenters. The Labute approximate surface area is 264 Å². The van der Waals surface area contributed by atoms with Gasteiger partial charge < -0.3 is 48.9 Å². The van der Waals surface area contributed by atoms with E-state index in [4.69, 9.17) is 33.5 Å². The topological polar surface area (TPSA) is 160 Å². The second-order valence-electron chi connectivity index (χ2n) is 9.18. The van der Waals surface area contributed by atoms with E-state index in [9.17, 15) is 27.6 Å². The molecule has 2 rings (SSSR count). The first kappa shape index (κ1) is 38.4. The molecule has 13 nitrogen and oxygen atoms in total. The van der Waals surface area contributed by atoms with E-state index in [1.165, 1.54) is 18.2 Å². The lowest BCUT2D eigenvalue weighted by atomic mass is 10.1. The fraction of sp³-hybridized carbons (Fsp3) is 0.500. The van der Waals surface area contributed by atoms with Gasteiger partial charge in [-0.3, -0.25) is 4.79 Å². The minimum Gasteiger partial charge on any atom is -0.480 e. The van der Waals surface area contributed by atoms with E-state index in [0.29, 0.717) is 51.9 Å². The fourth-order valence-electron chi connectivity index (χ4n) is 3.50. The van der Waals surface area contributed by atoms with E-state index in [1.807, 2.05) is 0 Å². The molecule has 0 fully saturated rings. The van der Waals surface area contributed by atoms with Gasteiger partial charge >= 0.3 is 18.1 Å². The monoisotopic (exact) mass is 660 g/mol. The Hall–Kier alpha value is -3.80. The lowest BCUT2D eigenvalue weighted by Gasteiger charge is -2.13. The van der Waals surface area contributed by atoms with Crippen LogP contribution in [0.25, 0.3) is 0 Å². The van der Waals surface area contributed by atoms with Crippen LogP contribution in [-0.2, 0) is 48.9 Å². The lowest BCUT2D eigenvalue weighted by molar-refractivity contribution is -0.143. The standard InChI is InChI=1S/C30H39F3N2O11/c31-30(32,33)23-4-3-5-24(20-23)35-26-7-2-1-6-25(26)29(39)46-19-18-44-17-16-43-15-14-42-13-12-41-11-10-40-9-8-34-27(36)21-45-22-28(37)38/h1-7,20,35H,8-19,21-22H2,(H,34,36)(H,37,38). The first-order valence-corrected chi connectivity index (χ1v) is 14.3. The van der Waals surface area contributed by atoms with Crippen LogP contribution in [0.5, 0.6) is 0 Å². The Balaban J connectivity index is 1.41. The van der Waals surface area contributed by atoms with Gasteiger partial charge in [0.1, 0.15) is 19.8 Å². The Bertz CT molecular complexity index is 1180. The summed E-state index contributed by atoms with van der Waals surface area (Å²) < 4.78 is 75.8. The van der Waals surface area contributed by atoms with Gasteiger partial charge in [-0.1, -0.05) is 18.2 Å². The number of esters is 1. The van der Waals surface area contributed by atoms with Crippen LogP contribution in [0.2, 0.25) is 0 Å². The van der Waals surface area contributed by atoms with E-state index in [2.05, 4.69) is 15.4 Å². The Kier molecular flexibility index (Phi) is 18.9. The summed E-state index contributed by atoms with van der Waals surface area (Å²) in [5, 5.41) is 13.8. The van der Waals surface area contributed by atoms with Crippen LogP contribution in [0.4, 0.5) is 24.5 Å². The normalized spacial score (nSPS) is 11.3. The minimum atomic E-state index is -4.49. The summed E-state index contributed by atoms with van der Waals surface area (Å²) in [6, 6.07) is 11.0. The average molecular weight is 661 g/mol. The van der Waals surface area contributed by atoms with E-state index in [0.717, 1.165) is 12.1 Å². The number of halogens is 3. The number of carbonyl (C=O) groups excluding carboxylic acids is 2. The summed E-state index contributed by atoms with van der Waals surface area (Å²) in [5.41, 5.74) is -0.144. The molecule has 0 radical (unpaired) electrons. The summed E-state index contributed by atoms with van der Waals surface area (Å²) in [6.45, 7) is 2.52. The molecule has 0 aliphatic rings. The summed E-state index contributed by atoms with van der Waals surface area (Å²) in [6.07, 6.45) is -4.49. The van der Waals surface area contributed by atoms with Crippen molar-refractivity contribution >= 4 is 29.2 Å². The van der Waals surface area contributed by atoms with E-state index >= 15 is 0 Å². The molecule has 0 aliphatic heterocycles. The number of hydrogen-bond donors (Lipinski definition) is 3. The molecule has 0 aliphatic carbocycles. The molecule has 0 saturated carbocycles. The van der Waals surface area contributed by atoms with Crippen LogP contribution in [0.3, 0.4) is 0 Å². The van der Waals surface area contributed by atoms with Gasteiger partial charge in [0.05, 0.1) is 82.9 Å². The van der Waals surface area contributed by atoms with Crippen molar-refractivity contribution in [2.45, 2.75) is 6.18 Å². The number of para-hydroxylation sites is 1. The highest BCUT2D eigenvalue weighted by Gasteiger charge is 2.30. The summed E-state index contributed by atoms with van der Waals surface area (Å²) >= 11 is 0. The van der Waals surface area contributed by atoms with Crippen LogP contribution in [-0.4, -0.2) is 115 Å².